The molecule has 1 aliphatic heterocycles. The number of hydrazine groups is 1. The van der Waals surface area contributed by atoms with Crippen molar-refractivity contribution >= 4 is 29.1 Å². The van der Waals surface area contributed by atoms with Crippen molar-refractivity contribution in [2.75, 3.05) is 16.9 Å². The number of hydrogen-bond acceptors (Lipinski definition) is 5. The summed E-state index contributed by atoms with van der Waals surface area (Å²) in [5, 5.41) is 0.522. The SMILES string of the molecule is CC1CCN(c2nc(NN)ncc2Cl)c2ccccc21. The summed E-state index contributed by atoms with van der Waals surface area (Å²) < 4.78 is 0. The summed E-state index contributed by atoms with van der Waals surface area (Å²) in [4.78, 5) is 10.5. The van der Waals surface area contributed by atoms with Crippen LogP contribution in [0.1, 0.15) is 24.8 Å². The minimum absolute atomic E-state index is 0.362. The van der Waals surface area contributed by atoms with Gasteiger partial charge in [-0.3, -0.25) is 5.43 Å². The molecule has 2 heterocycles. The molecular formula is C14H16ClN5. The molecule has 1 atom stereocenters. The van der Waals surface area contributed by atoms with Crippen LogP contribution in [0.3, 0.4) is 0 Å². The van der Waals surface area contributed by atoms with Crippen molar-refractivity contribution in [1.29, 1.82) is 0 Å². The standard InChI is InChI=1S/C14H16ClN5/c1-9-6-7-20(12-5-3-2-4-10(9)12)13-11(15)8-17-14(18-13)19-16/h2-5,8-9H,6-7,16H2,1H3,(H,17,18,19). The molecule has 0 bridgehead atoms. The lowest BCUT2D eigenvalue weighted by Crippen LogP contribution is -2.27. The Morgan fingerprint density at radius 1 is 1.40 bits per heavy atom. The highest BCUT2D eigenvalue weighted by Gasteiger charge is 2.25. The van der Waals surface area contributed by atoms with E-state index in [1.165, 1.54) is 5.56 Å². The largest absolute Gasteiger partial charge is 0.325 e. The van der Waals surface area contributed by atoms with Crippen molar-refractivity contribution in [2.45, 2.75) is 19.3 Å². The van der Waals surface area contributed by atoms with Crippen molar-refractivity contribution < 1.29 is 0 Å². The zero-order valence-electron chi connectivity index (χ0n) is 11.2. The number of para-hydroxylation sites is 1. The molecule has 2 aromatic rings. The molecule has 0 fully saturated rings. The number of nitrogens with zero attached hydrogens (tertiary/aromatic N) is 3. The van der Waals surface area contributed by atoms with E-state index < -0.39 is 0 Å². The van der Waals surface area contributed by atoms with Crippen LogP contribution in [0.5, 0.6) is 0 Å². The summed E-state index contributed by atoms with van der Waals surface area (Å²) in [5.41, 5.74) is 4.92. The van der Waals surface area contributed by atoms with Crippen molar-refractivity contribution in [3.8, 4) is 0 Å². The van der Waals surface area contributed by atoms with Gasteiger partial charge in [0, 0.05) is 12.2 Å². The average molecular weight is 290 g/mol. The number of aromatic nitrogens is 2. The van der Waals surface area contributed by atoms with Crippen molar-refractivity contribution in [3.05, 3.63) is 41.0 Å². The lowest BCUT2D eigenvalue weighted by atomic mass is 9.91. The van der Waals surface area contributed by atoms with Crippen molar-refractivity contribution in [3.63, 3.8) is 0 Å². The van der Waals surface area contributed by atoms with E-state index in [0.717, 1.165) is 18.7 Å². The monoisotopic (exact) mass is 289 g/mol. The number of nitrogens with two attached hydrogens (primary N) is 1. The Bertz CT molecular complexity index is 631. The van der Waals surface area contributed by atoms with Gasteiger partial charge in [0.1, 0.15) is 5.02 Å². The van der Waals surface area contributed by atoms with E-state index in [1.54, 1.807) is 6.20 Å². The molecule has 3 N–H and O–H groups in total. The maximum absolute atomic E-state index is 6.25. The van der Waals surface area contributed by atoms with E-state index in [9.17, 15) is 0 Å². The van der Waals surface area contributed by atoms with Gasteiger partial charge in [0.2, 0.25) is 5.95 Å². The minimum Gasteiger partial charge on any atom is -0.325 e. The number of halogens is 1. The van der Waals surface area contributed by atoms with Gasteiger partial charge in [-0.2, -0.15) is 4.98 Å². The lowest BCUT2D eigenvalue weighted by molar-refractivity contribution is 0.646. The number of hydrogen-bond donors (Lipinski definition) is 2. The number of anilines is 3. The Balaban J connectivity index is 2.10. The number of rotatable bonds is 2. The first kappa shape index (κ1) is 13.1. The summed E-state index contributed by atoms with van der Waals surface area (Å²) in [7, 11) is 0. The maximum Gasteiger partial charge on any atom is 0.239 e. The summed E-state index contributed by atoms with van der Waals surface area (Å²) in [6.45, 7) is 3.11. The molecule has 3 rings (SSSR count). The van der Waals surface area contributed by atoms with Crippen LogP contribution in [0.25, 0.3) is 0 Å². The van der Waals surface area contributed by atoms with Crippen LogP contribution in [-0.4, -0.2) is 16.5 Å². The summed E-state index contributed by atoms with van der Waals surface area (Å²) >= 11 is 6.25. The summed E-state index contributed by atoms with van der Waals surface area (Å²) in [6.07, 6.45) is 2.63. The smallest absolute Gasteiger partial charge is 0.239 e. The number of nitrogens with one attached hydrogen (secondary N) is 1. The molecule has 0 spiro atoms. The predicted octanol–water partition coefficient (Wildman–Crippen LogP) is 3.06. The molecule has 20 heavy (non-hydrogen) atoms. The van der Waals surface area contributed by atoms with E-state index in [1.807, 2.05) is 6.07 Å². The Hall–Kier alpha value is -1.85. The zero-order chi connectivity index (χ0) is 14.1. The van der Waals surface area contributed by atoms with Crippen LogP contribution in [0.2, 0.25) is 5.02 Å². The number of nitrogen functional groups attached to an aromatic ring is 1. The third-order valence-electron chi connectivity index (χ3n) is 3.65. The molecule has 1 unspecified atom stereocenters. The van der Waals surface area contributed by atoms with Crippen molar-refractivity contribution in [2.24, 2.45) is 5.84 Å². The first-order valence-corrected chi connectivity index (χ1v) is 6.94. The van der Waals surface area contributed by atoms with Crippen LogP contribution in [0, 0.1) is 0 Å². The van der Waals surface area contributed by atoms with Gasteiger partial charge in [0.15, 0.2) is 5.82 Å². The molecular weight excluding hydrogens is 274 g/mol. The fraction of sp³-hybridized carbons (Fsp3) is 0.286. The van der Waals surface area contributed by atoms with Crippen LogP contribution < -0.4 is 16.2 Å². The quantitative estimate of drug-likeness (QED) is 0.657. The molecule has 0 radical (unpaired) electrons. The Labute approximate surface area is 122 Å². The Kier molecular flexibility index (Phi) is 3.46. The van der Waals surface area contributed by atoms with E-state index >= 15 is 0 Å². The van der Waals surface area contributed by atoms with Gasteiger partial charge in [-0.05, 0) is 24.0 Å². The molecule has 1 aromatic carbocycles. The topological polar surface area (TPSA) is 67.1 Å². The van der Waals surface area contributed by atoms with Gasteiger partial charge in [-0.25, -0.2) is 10.8 Å². The minimum atomic E-state index is 0.362. The van der Waals surface area contributed by atoms with Gasteiger partial charge >= 0.3 is 0 Å². The summed E-state index contributed by atoms with van der Waals surface area (Å²) in [5.74, 6) is 6.97. The first-order valence-electron chi connectivity index (χ1n) is 6.56. The highest BCUT2D eigenvalue weighted by Crippen LogP contribution is 2.40. The molecule has 1 aromatic heterocycles. The van der Waals surface area contributed by atoms with Gasteiger partial charge in [-0.1, -0.05) is 36.7 Å². The average Bonchev–Trinajstić information content (AvgIpc) is 2.49. The van der Waals surface area contributed by atoms with E-state index in [4.69, 9.17) is 17.4 Å². The fourth-order valence-electron chi connectivity index (χ4n) is 2.59. The fourth-order valence-corrected chi connectivity index (χ4v) is 2.78. The third kappa shape index (κ3) is 2.19. The molecule has 0 amide bonds. The van der Waals surface area contributed by atoms with E-state index in [2.05, 4.69) is 45.4 Å². The highest BCUT2D eigenvalue weighted by molar-refractivity contribution is 6.33. The van der Waals surface area contributed by atoms with Gasteiger partial charge in [-0.15, -0.1) is 0 Å². The number of fused-ring (bicyclic) bond motifs is 1. The van der Waals surface area contributed by atoms with Gasteiger partial charge in [0.25, 0.3) is 0 Å². The summed E-state index contributed by atoms with van der Waals surface area (Å²) in [6, 6.07) is 8.34. The van der Waals surface area contributed by atoms with Crippen LogP contribution in [0.4, 0.5) is 17.5 Å². The molecule has 0 aliphatic carbocycles. The second kappa shape index (κ2) is 5.26. The molecule has 6 heteroatoms. The van der Waals surface area contributed by atoms with Crippen molar-refractivity contribution in [1.82, 2.24) is 9.97 Å². The number of benzene rings is 1. The molecule has 1 aliphatic rings. The van der Waals surface area contributed by atoms with E-state index in [0.29, 0.717) is 22.7 Å². The Morgan fingerprint density at radius 2 is 2.20 bits per heavy atom. The zero-order valence-corrected chi connectivity index (χ0v) is 11.9. The third-order valence-corrected chi connectivity index (χ3v) is 3.92. The van der Waals surface area contributed by atoms with Crippen LogP contribution in [-0.2, 0) is 0 Å². The molecule has 0 saturated carbocycles. The second-order valence-electron chi connectivity index (χ2n) is 4.91. The van der Waals surface area contributed by atoms with Crippen LogP contribution >= 0.6 is 11.6 Å². The normalized spacial score (nSPS) is 17.8. The molecule has 104 valence electrons. The maximum atomic E-state index is 6.25. The molecule has 0 saturated heterocycles. The van der Waals surface area contributed by atoms with E-state index in [-0.39, 0.29) is 0 Å². The molecule has 5 nitrogen and oxygen atoms in total. The second-order valence-corrected chi connectivity index (χ2v) is 5.32. The predicted molar refractivity (Wildman–Crippen MR) is 81.3 cm³/mol. The first-order chi connectivity index (χ1) is 9.70. The lowest BCUT2D eigenvalue weighted by Gasteiger charge is -2.34. The Morgan fingerprint density at radius 3 is 3.00 bits per heavy atom. The highest BCUT2D eigenvalue weighted by atomic mass is 35.5. The van der Waals surface area contributed by atoms with Gasteiger partial charge < -0.3 is 4.90 Å². The van der Waals surface area contributed by atoms with Crippen LogP contribution in [0.15, 0.2) is 30.5 Å². The van der Waals surface area contributed by atoms with Gasteiger partial charge in [0.05, 0.1) is 6.20 Å².